The third-order valence-electron chi connectivity index (χ3n) is 2.35. The van der Waals surface area contributed by atoms with Crippen LogP contribution in [0.1, 0.15) is 13.8 Å². The third-order valence-corrected chi connectivity index (χ3v) is 6.52. The smallest absolute Gasteiger partial charge is 0.310 e. The number of hydrogen-bond acceptors (Lipinski definition) is 7. The van der Waals surface area contributed by atoms with Crippen LogP contribution < -0.4 is 0 Å². The molecule has 9 heteroatoms. The highest BCUT2D eigenvalue weighted by Crippen LogP contribution is 2.49. The van der Waals surface area contributed by atoms with Gasteiger partial charge in [0.05, 0.1) is 6.10 Å². The topological polar surface area (TPSA) is 78.9 Å². The van der Waals surface area contributed by atoms with Crippen molar-refractivity contribution >= 4 is 29.5 Å². The molecule has 0 saturated carbocycles. The molecule has 0 saturated heterocycles. The maximum Gasteiger partial charge on any atom is 0.357 e. The summed E-state index contributed by atoms with van der Waals surface area (Å²) in [5.74, 6) is 0. The summed E-state index contributed by atoms with van der Waals surface area (Å²) >= 11 is 1.28. The van der Waals surface area contributed by atoms with E-state index < -0.39 is 24.1 Å². The minimum absolute atomic E-state index is 0.0321. The Morgan fingerprint density at radius 3 is 2.43 bits per heavy atom. The van der Waals surface area contributed by atoms with Gasteiger partial charge in [-0.05, 0) is 32.2 Å². The van der Waals surface area contributed by atoms with Crippen molar-refractivity contribution < 1.29 is 26.2 Å². The van der Waals surface area contributed by atoms with Gasteiger partial charge in [0.15, 0.2) is 6.35 Å². The highest BCUT2D eigenvalue weighted by atomic mass is 32.2. The van der Waals surface area contributed by atoms with E-state index in [0.717, 1.165) is 0 Å². The lowest BCUT2D eigenvalue weighted by Crippen LogP contribution is -2.12. The van der Waals surface area contributed by atoms with Crippen molar-refractivity contribution in [3.05, 3.63) is 24.3 Å². The summed E-state index contributed by atoms with van der Waals surface area (Å²) in [4.78, 5) is 0.583. The largest absolute Gasteiger partial charge is 0.357 e. The van der Waals surface area contributed by atoms with Crippen molar-refractivity contribution in [1.82, 2.24) is 0 Å². The molecule has 1 aromatic carbocycles. The summed E-state index contributed by atoms with van der Waals surface area (Å²) in [6, 6.07) is 6.42. The molecule has 1 unspecified atom stereocenters. The Hall–Kier alpha value is -0.370. The molecular weight excluding hydrogens is 335 g/mol. The summed E-state index contributed by atoms with van der Waals surface area (Å²) in [6.07, 6.45) is 0.726. The number of hydrogen-bond donors (Lipinski definition) is 0. The summed E-state index contributed by atoms with van der Waals surface area (Å²) < 4.78 is 51.3. The zero-order chi connectivity index (χ0) is 16.1. The van der Waals surface area contributed by atoms with Crippen LogP contribution in [-0.4, -0.2) is 34.2 Å². The summed E-state index contributed by atoms with van der Waals surface area (Å²) in [7, 11) is -6.45. The van der Waals surface area contributed by atoms with Crippen molar-refractivity contribution in [2.45, 2.75) is 29.7 Å². The maximum absolute atomic E-state index is 12.2. The second-order valence-electron chi connectivity index (χ2n) is 4.30. The van der Waals surface area contributed by atoms with Crippen LogP contribution in [-0.2, 0) is 27.9 Å². The molecule has 0 aromatic heterocycles. The van der Waals surface area contributed by atoms with E-state index in [1.54, 1.807) is 38.3 Å². The average Bonchev–Trinajstić information content (AvgIpc) is 2.44. The van der Waals surface area contributed by atoms with E-state index in [0.29, 0.717) is 4.90 Å². The van der Waals surface area contributed by atoms with Gasteiger partial charge >= 0.3 is 7.60 Å². The molecule has 0 aliphatic heterocycles. The highest BCUT2D eigenvalue weighted by molar-refractivity contribution is 7.99. The molecule has 0 amide bonds. The van der Waals surface area contributed by atoms with Crippen LogP contribution in [0.25, 0.3) is 0 Å². The molecule has 0 spiro atoms. The Bertz CT molecular complexity index is 614. The highest BCUT2D eigenvalue weighted by Gasteiger charge is 2.30. The van der Waals surface area contributed by atoms with Crippen molar-refractivity contribution in [2.24, 2.45) is 0 Å². The third kappa shape index (κ3) is 5.39. The molecule has 0 fully saturated rings. The quantitative estimate of drug-likeness (QED) is 0.402. The Balaban J connectivity index is 2.93. The number of thioether (sulfide) groups is 1. The van der Waals surface area contributed by atoms with E-state index in [4.69, 9.17) is 13.2 Å². The summed E-state index contributed by atoms with van der Waals surface area (Å²) in [5.41, 5.74) is 0. The first kappa shape index (κ1) is 18.7. The van der Waals surface area contributed by atoms with E-state index in [1.807, 2.05) is 0 Å². The summed E-state index contributed by atoms with van der Waals surface area (Å²) in [5, 5.41) is 0. The van der Waals surface area contributed by atoms with Crippen molar-refractivity contribution in [1.29, 1.82) is 0 Å². The summed E-state index contributed by atoms with van der Waals surface area (Å²) in [6.45, 7) is 3.34. The van der Waals surface area contributed by atoms with Gasteiger partial charge in [0.2, 0.25) is 0 Å². The molecule has 1 aromatic rings. The molecule has 0 aliphatic rings. The lowest BCUT2D eigenvalue weighted by atomic mass is 10.4. The van der Waals surface area contributed by atoms with E-state index in [2.05, 4.69) is 0 Å². The maximum atomic E-state index is 12.2. The fourth-order valence-electron chi connectivity index (χ4n) is 1.47. The fourth-order valence-corrected chi connectivity index (χ4v) is 5.16. The second kappa shape index (κ2) is 7.76. The van der Waals surface area contributed by atoms with Gasteiger partial charge in [-0.25, -0.2) is 0 Å². The first-order chi connectivity index (χ1) is 9.74. The predicted molar refractivity (Wildman–Crippen MR) is 82.2 cm³/mol. The molecule has 6 nitrogen and oxygen atoms in total. The Labute approximate surface area is 129 Å². The first-order valence-electron chi connectivity index (χ1n) is 6.10. The molecule has 120 valence electrons. The minimum Gasteiger partial charge on any atom is -0.310 e. The Morgan fingerprint density at radius 1 is 1.29 bits per heavy atom. The molecule has 0 radical (unpaired) electrons. The number of benzene rings is 1. The van der Waals surface area contributed by atoms with Gasteiger partial charge in [0, 0.05) is 12.0 Å². The first-order valence-corrected chi connectivity index (χ1v) is 10.5. The standard InChI is InChI=1S/C12H19O6PS2/c1-10(2)18-19(13,16-3)9-17-21(14,15)12-8-6-5-7-11(12)20-4/h5-8,10H,9H2,1-4H3. The zero-order valence-electron chi connectivity index (χ0n) is 12.3. The van der Waals surface area contributed by atoms with E-state index in [-0.39, 0.29) is 11.0 Å². The van der Waals surface area contributed by atoms with Gasteiger partial charge in [-0.3, -0.25) is 8.75 Å². The van der Waals surface area contributed by atoms with E-state index in [1.165, 1.54) is 24.9 Å². The van der Waals surface area contributed by atoms with Crippen LogP contribution in [0.2, 0.25) is 0 Å². The van der Waals surface area contributed by atoms with Gasteiger partial charge in [-0.1, -0.05) is 12.1 Å². The molecule has 0 N–H and O–H groups in total. The lowest BCUT2D eigenvalue weighted by molar-refractivity contribution is 0.171. The second-order valence-corrected chi connectivity index (χ2v) is 8.79. The minimum atomic E-state index is -4.04. The molecular formula is C12H19O6PS2. The van der Waals surface area contributed by atoms with Crippen LogP contribution >= 0.6 is 19.4 Å². The SMILES string of the molecule is COP(=O)(COS(=O)(=O)c1ccccc1SC)OC(C)C. The van der Waals surface area contributed by atoms with Crippen LogP contribution in [0.4, 0.5) is 0 Å². The van der Waals surface area contributed by atoms with Crippen molar-refractivity contribution in [2.75, 3.05) is 19.7 Å². The zero-order valence-corrected chi connectivity index (χ0v) is 14.8. The van der Waals surface area contributed by atoms with Crippen molar-refractivity contribution in [3.8, 4) is 0 Å². The van der Waals surface area contributed by atoms with Gasteiger partial charge in [0.25, 0.3) is 10.1 Å². The van der Waals surface area contributed by atoms with Gasteiger partial charge in [-0.15, -0.1) is 11.8 Å². The van der Waals surface area contributed by atoms with Gasteiger partial charge < -0.3 is 9.05 Å². The van der Waals surface area contributed by atoms with E-state index >= 15 is 0 Å². The van der Waals surface area contributed by atoms with Crippen LogP contribution in [0.5, 0.6) is 0 Å². The van der Waals surface area contributed by atoms with Crippen LogP contribution in [0.3, 0.4) is 0 Å². The predicted octanol–water partition coefficient (Wildman–Crippen LogP) is 3.34. The molecule has 0 heterocycles. The molecule has 0 aliphatic carbocycles. The monoisotopic (exact) mass is 354 g/mol. The molecule has 1 atom stereocenters. The normalized spacial score (nSPS) is 15.1. The van der Waals surface area contributed by atoms with Gasteiger partial charge in [-0.2, -0.15) is 8.42 Å². The van der Waals surface area contributed by atoms with Crippen molar-refractivity contribution in [3.63, 3.8) is 0 Å². The number of rotatable bonds is 8. The Kier molecular flexibility index (Phi) is 6.90. The van der Waals surface area contributed by atoms with E-state index in [9.17, 15) is 13.0 Å². The molecule has 0 bridgehead atoms. The Morgan fingerprint density at radius 2 is 1.90 bits per heavy atom. The fraction of sp³-hybridized carbons (Fsp3) is 0.500. The average molecular weight is 354 g/mol. The van der Waals surface area contributed by atoms with Crippen LogP contribution in [0, 0.1) is 0 Å². The van der Waals surface area contributed by atoms with Crippen LogP contribution in [0.15, 0.2) is 34.1 Å². The lowest BCUT2D eigenvalue weighted by Gasteiger charge is -2.18. The van der Waals surface area contributed by atoms with Gasteiger partial charge in [0.1, 0.15) is 4.90 Å². The molecule has 21 heavy (non-hydrogen) atoms. The molecule has 1 rings (SSSR count).